The van der Waals surface area contributed by atoms with Gasteiger partial charge in [0, 0.05) is 50.5 Å². The third-order valence-electron chi connectivity index (χ3n) is 4.41. The second-order valence-corrected chi connectivity index (χ2v) is 7.02. The summed E-state index contributed by atoms with van der Waals surface area (Å²) in [5.74, 6) is 1.73. The fourth-order valence-electron chi connectivity index (χ4n) is 2.98. The van der Waals surface area contributed by atoms with Gasteiger partial charge >= 0.3 is 6.03 Å². The van der Waals surface area contributed by atoms with Gasteiger partial charge < -0.3 is 9.80 Å². The normalized spacial score (nSPS) is 20.0. The smallest absolute Gasteiger partial charge is 0.323 e. The Balaban J connectivity index is 1.31. The Morgan fingerprint density at radius 2 is 1.85 bits per heavy atom. The highest BCUT2D eigenvalue weighted by atomic mass is 32.2. The fraction of sp³-hybridized carbons (Fsp3) is 0.353. The van der Waals surface area contributed by atoms with E-state index >= 15 is 0 Å². The average Bonchev–Trinajstić information content (AvgIpc) is 3.18. The number of urea groups is 1. The number of amides is 2. The minimum absolute atomic E-state index is 0.0768. The van der Waals surface area contributed by atoms with Crippen LogP contribution in [0.2, 0.25) is 0 Å². The van der Waals surface area contributed by atoms with E-state index in [1.165, 1.54) is 0 Å². The van der Waals surface area contributed by atoms with Gasteiger partial charge in [0.25, 0.3) is 0 Å². The van der Waals surface area contributed by atoms with Crippen molar-refractivity contribution >= 4 is 28.8 Å². The molecule has 26 heavy (non-hydrogen) atoms. The van der Waals surface area contributed by atoms with Crippen molar-refractivity contribution in [3.63, 3.8) is 0 Å². The fourth-order valence-corrected chi connectivity index (χ4v) is 3.92. The Morgan fingerprint density at radius 1 is 1.08 bits per heavy atom. The number of pyridine rings is 1. The number of nitrogens with one attached hydrogen (secondary N) is 1. The van der Waals surface area contributed by atoms with Crippen LogP contribution in [0.3, 0.4) is 0 Å². The van der Waals surface area contributed by atoms with Crippen molar-refractivity contribution in [2.45, 2.75) is 6.04 Å². The van der Waals surface area contributed by atoms with Gasteiger partial charge in [-0.05, 0) is 23.8 Å². The molecule has 0 bridgehead atoms. The SMILES string of the molecule is O=C(NC1=NC(c2ccncc2)CS1)N1CCN(c2ccncn2)CC1. The summed E-state index contributed by atoms with van der Waals surface area (Å²) >= 11 is 1.58. The Labute approximate surface area is 155 Å². The van der Waals surface area contributed by atoms with Crippen LogP contribution in [0.1, 0.15) is 11.6 Å². The summed E-state index contributed by atoms with van der Waals surface area (Å²) in [6, 6.07) is 5.80. The maximum Gasteiger partial charge on any atom is 0.323 e. The summed E-state index contributed by atoms with van der Waals surface area (Å²) in [5, 5.41) is 3.63. The Bertz CT molecular complexity index is 778. The molecule has 1 atom stereocenters. The third kappa shape index (κ3) is 3.77. The lowest BCUT2D eigenvalue weighted by Gasteiger charge is -2.35. The second kappa shape index (κ2) is 7.69. The van der Waals surface area contributed by atoms with Crippen molar-refractivity contribution in [3.05, 3.63) is 48.7 Å². The molecule has 0 spiro atoms. The van der Waals surface area contributed by atoms with Gasteiger partial charge in [-0.1, -0.05) is 11.8 Å². The van der Waals surface area contributed by atoms with Crippen molar-refractivity contribution in [1.29, 1.82) is 0 Å². The first-order valence-electron chi connectivity index (χ1n) is 8.47. The molecule has 0 aliphatic carbocycles. The maximum atomic E-state index is 12.5. The lowest BCUT2D eigenvalue weighted by atomic mass is 10.1. The second-order valence-electron chi connectivity index (χ2n) is 6.01. The van der Waals surface area contributed by atoms with Crippen molar-refractivity contribution in [1.82, 2.24) is 25.2 Å². The number of thioether (sulfide) groups is 1. The van der Waals surface area contributed by atoms with Crippen molar-refractivity contribution in [2.24, 2.45) is 4.99 Å². The van der Waals surface area contributed by atoms with E-state index in [1.807, 2.05) is 23.1 Å². The molecule has 2 aromatic rings. The minimum Gasteiger partial charge on any atom is -0.353 e. The van der Waals surface area contributed by atoms with Crippen LogP contribution in [-0.4, -0.2) is 63.0 Å². The lowest BCUT2D eigenvalue weighted by Crippen LogP contribution is -2.52. The number of hydrogen-bond acceptors (Lipinski definition) is 7. The van der Waals surface area contributed by atoms with E-state index in [-0.39, 0.29) is 12.1 Å². The van der Waals surface area contributed by atoms with E-state index in [9.17, 15) is 4.79 Å². The Morgan fingerprint density at radius 3 is 2.58 bits per heavy atom. The third-order valence-corrected chi connectivity index (χ3v) is 5.38. The molecule has 0 aromatic carbocycles. The van der Waals surface area contributed by atoms with Crippen LogP contribution >= 0.6 is 11.8 Å². The molecule has 134 valence electrons. The van der Waals surface area contributed by atoms with Crippen LogP contribution in [-0.2, 0) is 0 Å². The number of carbonyl (C=O) groups excluding carboxylic acids is 1. The molecule has 2 amide bonds. The van der Waals surface area contributed by atoms with E-state index < -0.39 is 0 Å². The number of anilines is 1. The molecule has 2 aliphatic heterocycles. The topological polar surface area (TPSA) is 86.6 Å². The van der Waals surface area contributed by atoms with Crippen molar-refractivity contribution in [2.75, 3.05) is 36.8 Å². The Hall–Kier alpha value is -2.68. The Kier molecular flexibility index (Phi) is 4.96. The van der Waals surface area contributed by atoms with Crippen LogP contribution in [0.5, 0.6) is 0 Å². The number of carbonyl (C=O) groups is 1. The van der Waals surface area contributed by atoms with E-state index in [0.717, 1.165) is 30.2 Å². The minimum atomic E-state index is -0.0889. The van der Waals surface area contributed by atoms with E-state index in [2.05, 4.69) is 30.2 Å². The number of amidine groups is 1. The summed E-state index contributed by atoms with van der Waals surface area (Å²) in [4.78, 5) is 33.3. The highest BCUT2D eigenvalue weighted by Gasteiger charge is 2.25. The monoisotopic (exact) mass is 369 g/mol. The number of aliphatic imine (C=N–C) groups is 1. The average molecular weight is 369 g/mol. The molecule has 2 aromatic heterocycles. The molecule has 2 aliphatic rings. The predicted molar refractivity (Wildman–Crippen MR) is 101 cm³/mol. The van der Waals surface area contributed by atoms with E-state index in [1.54, 1.807) is 36.7 Å². The first-order chi connectivity index (χ1) is 12.8. The lowest BCUT2D eigenvalue weighted by molar-refractivity contribution is 0.199. The molecule has 1 unspecified atom stereocenters. The van der Waals surface area contributed by atoms with Gasteiger partial charge in [0.05, 0.1) is 6.04 Å². The highest BCUT2D eigenvalue weighted by molar-refractivity contribution is 8.14. The van der Waals surface area contributed by atoms with E-state index in [4.69, 9.17) is 0 Å². The zero-order valence-corrected chi connectivity index (χ0v) is 15.0. The molecule has 8 nitrogen and oxygen atoms in total. The molecule has 1 saturated heterocycles. The highest BCUT2D eigenvalue weighted by Crippen LogP contribution is 2.29. The largest absolute Gasteiger partial charge is 0.353 e. The number of aromatic nitrogens is 3. The van der Waals surface area contributed by atoms with Gasteiger partial charge in [0.1, 0.15) is 12.1 Å². The first-order valence-corrected chi connectivity index (χ1v) is 9.45. The molecule has 1 fully saturated rings. The summed E-state index contributed by atoms with van der Waals surface area (Å²) in [6.45, 7) is 2.82. The number of nitrogens with zero attached hydrogens (tertiary/aromatic N) is 6. The summed E-state index contributed by atoms with van der Waals surface area (Å²) in [6.07, 6.45) is 6.81. The van der Waals surface area contributed by atoms with Crippen LogP contribution in [0.15, 0.2) is 48.1 Å². The number of piperazine rings is 1. The number of hydrogen-bond donors (Lipinski definition) is 1. The van der Waals surface area contributed by atoms with Gasteiger partial charge in [-0.2, -0.15) is 0 Å². The van der Waals surface area contributed by atoms with Crippen molar-refractivity contribution < 1.29 is 4.79 Å². The molecule has 4 heterocycles. The van der Waals surface area contributed by atoms with Gasteiger partial charge in [-0.15, -0.1) is 0 Å². The zero-order valence-electron chi connectivity index (χ0n) is 14.2. The first kappa shape index (κ1) is 16.8. The summed E-state index contributed by atoms with van der Waals surface area (Å²) in [7, 11) is 0. The van der Waals surface area contributed by atoms with Crippen LogP contribution in [0.4, 0.5) is 10.6 Å². The molecular weight excluding hydrogens is 350 g/mol. The van der Waals surface area contributed by atoms with Crippen LogP contribution in [0.25, 0.3) is 0 Å². The van der Waals surface area contributed by atoms with Gasteiger partial charge in [0.2, 0.25) is 0 Å². The standard InChI is InChI=1S/C17H19N7OS/c25-17(22-16-21-14(11-26-16)13-1-4-18-5-2-13)24-9-7-23(8-10-24)15-3-6-19-12-20-15/h1-6,12,14H,7-11H2,(H,21,22,25). The summed E-state index contributed by atoms with van der Waals surface area (Å²) in [5.41, 5.74) is 1.12. The van der Waals surface area contributed by atoms with Crippen LogP contribution in [0, 0.1) is 0 Å². The maximum absolute atomic E-state index is 12.5. The molecule has 4 rings (SSSR count). The van der Waals surface area contributed by atoms with Crippen LogP contribution < -0.4 is 10.2 Å². The molecular formula is C17H19N7OS. The summed E-state index contributed by atoms with van der Waals surface area (Å²) < 4.78 is 0. The quantitative estimate of drug-likeness (QED) is 0.864. The zero-order chi connectivity index (χ0) is 17.8. The molecule has 0 radical (unpaired) electrons. The van der Waals surface area contributed by atoms with E-state index in [0.29, 0.717) is 18.3 Å². The predicted octanol–water partition coefficient (Wildman–Crippen LogP) is 1.55. The molecule has 0 saturated carbocycles. The molecule has 1 N–H and O–H groups in total. The van der Waals surface area contributed by atoms with Gasteiger partial charge in [-0.3, -0.25) is 15.3 Å². The number of rotatable bonds is 2. The molecule has 9 heteroatoms. The van der Waals surface area contributed by atoms with Gasteiger partial charge in [0.15, 0.2) is 5.17 Å². The van der Waals surface area contributed by atoms with Crippen molar-refractivity contribution in [3.8, 4) is 0 Å². The van der Waals surface area contributed by atoms with Gasteiger partial charge in [-0.25, -0.2) is 14.8 Å².